The summed E-state index contributed by atoms with van der Waals surface area (Å²) >= 11 is 0. The zero-order chi connectivity index (χ0) is 14.4. The lowest BCUT2D eigenvalue weighted by atomic mass is 10.1. The van der Waals surface area contributed by atoms with Gasteiger partial charge in [0.1, 0.15) is 6.10 Å². The lowest BCUT2D eigenvalue weighted by molar-refractivity contribution is -0.138. The first-order valence-electron chi connectivity index (χ1n) is 6.94. The maximum atomic E-state index is 12.1. The second kappa shape index (κ2) is 7.38. The Balaban J connectivity index is 1.87. The third-order valence-electron chi connectivity index (χ3n) is 3.45. The van der Waals surface area contributed by atoms with Gasteiger partial charge in [-0.05, 0) is 19.0 Å². The van der Waals surface area contributed by atoms with Gasteiger partial charge < -0.3 is 20.1 Å². The number of likely N-dealkylation sites (N-methyl/N-ethyl adjacent to an activating group) is 1. The van der Waals surface area contributed by atoms with E-state index in [2.05, 4.69) is 10.2 Å². The molecule has 5 heteroatoms. The lowest BCUT2D eigenvalue weighted by Crippen LogP contribution is -2.51. The molecule has 2 atom stereocenters. The minimum Gasteiger partial charge on any atom is -0.394 e. The maximum absolute atomic E-state index is 12.1. The van der Waals surface area contributed by atoms with Crippen molar-refractivity contribution in [3.05, 3.63) is 35.9 Å². The van der Waals surface area contributed by atoms with E-state index in [9.17, 15) is 9.90 Å². The first kappa shape index (κ1) is 15.0. The van der Waals surface area contributed by atoms with E-state index in [1.165, 1.54) is 0 Å². The van der Waals surface area contributed by atoms with Gasteiger partial charge in [0.15, 0.2) is 0 Å². The van der Waals surface area contributed by atoms with Crippen LogP contribution in [0, 0.1) is 0 Å². The van der Waals surface area contributed by atoms with Crippen LogP contribution < -0.4 is 5.32 Å². The van der Waals surface area contributed by atoms with Crippen molar-refractivity contribution in [2.45, 2.75) is 18.6 Å². The first-order chi connectivity index (χ1) is 9.69. The van der Waals surface area contributed by atoms with Crippen molar-refractivity contribution in [1.82, 2.24) is 10.2 Å². The maximum Gasteiger partial charge on any atom is 0.250 e. The normalized spacial score (nSPS) is 21.4. The molecule has 1 amide bonds. The van der Waals surface area contributed by atoms with Gasteiger partial charge in [-0.3, -0.25) is 4.79 Å². The summed E-state index contributed by atoms with van der Waals surface area (Å²) in [4.78, 5) is 14.2. The van der Waals surface area contributed by atoms with Crippen LogP contribution in [0.15, 0.2) is 30.3 Å². The molecule has 2 unspecified atom stereocenters. The van der Waals surface area contributed by atoms with Crippen LogP contribution in [0.1, 0.15) is 5.56 Å². The molecule has 1 aromatic rings. The number of rotatable bonds is 5. The second-order valence-electron chi connectivity index (χ2n) is 5.20. The quantitative estimate of drug-likeness (QED) is 0.798. The molecule has 0 saturated carbocycles. The molecule has 0 spiro atoms. The van der Waals surface area contributed by atoms with Crippen LogP contribution in [0.4, 0.5) is 0 Å². The molecule has 1 heterocycles. The van der Waals surface area contributed by atoms with Crippen molar-refractivity contribution in [1.29, 1.82) is 0 Å². The van der Waals surface area contributed by atoms with Crippen LogP contribution >= 0.6 is 0 Å². The van der Waals surface area contributed by atoms with Crippen LogP contribution in [0.2, 0.25) is 0 Å². The van der Waals surface area contributed by atoms with Gasteiger partial charge in [-0.1, -0.05) is 30.3 Å². The van der Waals surface area contributed by atoms with Gasteiger partial charge in [0, 0.05) is 13.1 Å². The highest BCUT2D eigenvalue weighted by Crippen LogP contribution is 2.06. The van der Waals surface area contributed by atoms with E-state index in [4.69, 9.17) is 4.74 Å². The second-order valence-corrected chi connectivity index (χ2v) is 5.20. The number of hydrogen-bond acceptors (Lipinski definition) is 4. The molecule has 1 fully saturated rings. The number of ether oxygens (including phenoxy) is 1. The molecule has 1 saturated heterocycles. The zero-order valence-electron chi connectivity index (χ0n) is 11.8. The summed E-state index contributed by atoms with van der Waals surface area (Å²) in [5, 5.41) is 12.3. The third kappa shape index (κ3) is 4.30. The number of carbonyl (C=O) groups excluding carboxylic acids is 1. The Labute approximate surface area is 119 Å². The molecular weight excluding hydrogens is 256 g/mol. The van der Waals surface area contributed by atoms with Crippen LogP contribution in [-0.4, -0.2) is 61.4 Å². The minimum absolute atomic E-state index is 0.0802. The van der Waals surface area contributed by atoms with Crippen LogP contribution in [0.5, 0.6) is 0 Å². The van der Waals surface area contributed by atoms with Crippen molar-refractivity contribution < 1.29 is 14.6 Å². The first-order valence-corrected chi connectivity index (χ1v) is 6.94. The highest BCUT2D eigenvalue weighted by Gasteiger charge is 2.26. The van der Waals surface area contributed by atoms with Crippen molar-refractivity contribution in [2.75, 3.05) is 33.4 Å². The van der Waals surface area contributed by atoms with Gasteiger partial charge in [-0.15, -0.1) is 0 Å². The molecule has 2 rings (SSSR count). The molecule has 0 bridgehead atoms. The highest BCUT2D eigenvalue weighted by atomic mass is 16.5. The van der Waals surface area contributed by atoms with Gasteiger partial charge in [-0.2, -0.15) is 0 Å². The molecular formula is C15H22N2O3. The average molecular weight is 278 g/mol. The summed E-state index contributed by atoms with van der Waals surface area (Å²) in [7, 11) is 1.97. The molecule has 5 nitrogen and oxygen atoms in total. The molecule has 1 aromatic carbocycles. The monoisotopic (exact) mass is 278 g/mol. The van der Waals surface area contributed by atoms with E-state index < -0.39 is 6.10 Å². The average Bonchev–Trinajstić information content (AvgIpc) is 2.47. The number of morpholine rings is 1. The van der Waals surface area contributed by atoms with Crippen molar-refractivity contribution in [3.8, 4) is 0 Å². The van der Waals surface area contributed by atoms with Crippen molar-refractivity contribution >= 4 is 5.91 Å². The fraction of sp³-hybridized carbons (Fsp3) is 0.533. The summed E-state index contributed by atoms with van der Waals surface area (Å²) in [5.74, 6) is -0.147. The van der Waals surface area contributed by atoms with Gasteiger partial charge in [0.05, 0.1) is 19.3 Å². The molecule has 0 aliphatic carbocycles. The smallest absolute Gasteiger partial charge is 0.250 e. The molecule has 20 heavy (non-hydrogen) atoms. The number of amides is 1. The van der Waals surface area contributed by atoms with Crippen LogP contribution in [0.3, 0.4) is 0 Å². The summed E-state index contributed by atoms with van der Waals surface area (Å²) in [6.07, 6.45) is 0.171. The van der Waals surface area contributed by atoms with E-state index >= 15 is 0 Å². The molecule has 1 aliphatic heterocycles. The highest BCUT2D eigenvalue weighted by molar-refractivity contribution is 5.81. The summed E-state index contributed by atoms with van der Waals surface area (Å²) in [6.45, 7) is 1.92. The van der Waals surface area contributed by atoms with E-state index in [0.717, 1.165) is 12.1 Å². The Kier molecular flexibility index (Phi) is 5.52. The zero-order valence-corrected chi connectivity index (χ0v) is 11.8. The number of hydrogen-bond donors (Lipinski definition) is 2. The largest absolute Gasteiger partial charge is 0.394 e. The predicted octanol–water partition coefficient (Wildman–Crippen LogP) is 0.0368. The Morgan fingerprint density at radius 3 is 2.90 bits per heavy atom. The Morgan fingerprint density at radius 2 is 2.25 bits per heavy atom. The van der Waals surface area contributed by atoms with Crippen molar-refractivity contribution in [2.24, 2.45) is 0 Å². The number of nitrogens with zero attached hydrogens (tertiary/aromatic N) is 1. The van der Waals surface area contributed by atoms with Gasteiger partial charge in [-0.25, -0.2) is 0 Å². The molecule has 2 N–H and O–H groups in total. The fourth-order valence-corrected chi connectivity index (χ4v) is 2.29. The SMILES string of the molecule is CN1CCOC(C(=O)NC(CO)Cc2ccccc2)C1. The van der Waals surface area contributed by atoms with E-state index in [1.807, 2.05) is 37.4 Å². The Hall–Kier alpha value is -1.43. The summed E-state index contributed by atoms with van der Waals surface area (Å²) < 4.78 is 5.47. The lowest BCUT2D eigenvalue weighted by Gasteiger charge is -2.30. The topological polar surface area (TPSA) is 61.8 Å². The Morgan fingerprint density at radius 1 is 1.50 bits per heavy atom. The third-order valence-corrected chi connectivity index (χ3v) is 3.45. The fourth-order valence-electron chi connectivity index (χ4n) is 2.29. The summed E-state index contributed by atoms with van der Waals surface area (Å²) in [5.41, 5.74) is 1.09. The summed E-state index contributed by atoms with van der Waals surface area (Å²) in [6, 6.07) is 9.54. The number of carbonyl (C=O) groups is 1. The van der Waals surface area contributed by atoms with Crippen LogP contribution in [0.25, 0.3) is 0 Å². The number of benzene rings is 1. The van der Waals surface area contributed by atoms with E-state index in [1.54, 1.807) is 0 Å². The predicted molar refractivity (Wildman–Crippen MR) is 76.4 cm³/mol. The van der Waals surface area contributed by atoms with Crippen molar-refractivity contribution in [3.63, 3.8) is 0 Å². The number of nitrogens with one attached hydrogen (secondary N) is 1. The number of aliphatic hydroxyl groups excluding tert-OH is 1. The minimum atomic E-state index is -0.446. The standard InChI is InChI=1S/C15H22N2O3/c1-17-7-8-20-14(10-17)15(19)16-13(11-18)9-12-5-3-2-4-6-12/h2-6,13-14,18H,7-11H2,1H3,(H,16,19). The molecule has 0 aromatic heterocycles. The van der Waals surface area contributed by atoms with Gasteiger partial charge >= 0.3 is 0 Å². The molecule has 0 radical (unpaired) electrons. The number of aliphatic hydroxyl groups is 1. The van der Waals surface area contributed by atoms with Gasteiger partial charge in [0.25, 0.3) is 5.91 Å². The Bertz CT molecular complexity index is 424. The molecule has 110 valence electrons. The van der Waals surface area contributed by atoms with E-state index in [-0.39, 0.29) is 18.6 Å². The van der Waals surface area contributed by atoms with Crippen LogP contribution in [-0.2, 0) is 16.0 Å². The molecule has 1 aliphatic rings. The van der Waals surface area contributed by atoms with E-state index in [0.29, 0.717) is 19.6 Å². The van der Waals surface area contributed by atoms with Gasteiger partial charge in [0.2, 0.25) is 0 Å².